The van der Waals surface area contributed by atoms with E-state index in [-0.39, 0.29) is 0 Å². The molecule has 0 amide bonds. The van der Waals surface area contributed by atoms with Crippen LogP contribution in [0.2, 0.25) is 0 Å². The molecule has 2 heterocycles. The summed E-state index contributed by atoms with van der Waals surface area (Å²) in [6, 6.07) is 3.90. The van der Waals surface area contributed by atoms with Crippen molar-refractivity contribution < 1.29 is 0 Å². The van der Waals surface area contributed by atoms with Crippen LogP contribution in [0.25, 0.3) is 5.65 Å². The van der Waals surface area contributed by atoms with Crippen molar-refractivity contribution in [1.29, 1.82) is 0 Å². The van der Waals surface area contributed by atoms with Crippen LogP contribution in [0.4, 0.5) is 0 Å². The predicted molar refractivity (Wildman–Crippen MR) is 59.5 cm³/mol. The Morgan fingerprint density at radius 2 is 2.20 bits per heavy atom. The summed E-state index contributed by atoms with van der Waals surface area (Å²) in [5, 5.41) is 7.63. The van der Waals surface area contributed by atoms with Crippen molar-refractivity contribution in [3.05, 3.63) is 30.2 Å². The minimum Gasteiger partial charge on any atom is -0.311 e. The molecule has 4 heteroatoms. The molecule has 2 rings (SSSR count). The van der Waals surface area contributed by atoms with Crippen LogP contribution in [-0.2, 0) is 6.54 Å². The standard InChI is InChI=1S/C11H16N4/c1-9(2)7-12-8-10-3-5-13-11-4-6-14-15(10)11/h3-6,9,12H,7-8H2,1-2H3. The van der Waals surface area contributed by atoms with Crippen LogP contribution in [0, 0.1) is 5.92 Å². The van der Waals surface area contributed by atoms with E-state index < -0.39 is 0 Å². The molecule has 0 aliphatic carbocycles. The molecule has 0 unspecified atom stereocenters. The Labute approximate surface area is 89.3 Å². The van der Waals surface area contributed by atoms with Gasteiger partial charge in [0.1, 0.15) is 0 Å². The number of hydrogen-bond acceptors (Lipinski definition) is 3. The van der Waals surface area contributed by atoms with Crippen LogP contribution in [0.1, 0.15) is 19.5 Å². The van der Waals surface area contributed by atoms with E-state index in [0.29, 0.717) is 5.92 Å². The van der Waals surface area contributed by atoms with E-state index in [1.54, 1.807) is 6.20 Å². The minimum absolute atomic E-state index is 0.667. The van der Waals surface area contributed by atoms with E-state index in [1.807, 2.05) is 22.8 Å². The molecule has 2 aromatic rings. The largest absolute Gasteiger partial charge is 0.311 e. The third-order valence-corrected chi connectivity index (χ3v) is 2.23. The second-order valence-electron chi connectivity index (χ2n) is 4.06. The molecule has 0 saturated heterocycles. The van der Waals surface area contributed by atoms with E-state index in [2.05, 4.69) is 29.2 Å². The van der Waals surface area contributed by atoms with E-state index in [1.165, 1.54) is 0 Å². The molecule has 80 valence electrons. The van der Waals surface area contributed by atoms with Gasteiger partial charge in [-0.1, -0.05) is 13.8 Å². The van der Waals surface area contributed by atoms with E-state index >= 15 is 0 Å². The highest BCUT2D eigenvalue weighted by Crippen LogP contribution is 2.02. The fourth-order valence-electron chi connectivity index (χ4n) is 1.51. The van der Waals surface area contributed by atoms with Crippen molar-refractivity contribution in [1.82, 2.24) is 19.9 Å². The molecule has 0 spiro atoms. The summed E-state index contributed by atoms with van der Waals surface area (Å²) in [5.74, 6) is 0.667. The Morgan fingerprint density at radius 3 is 3.00 bits per heavy atom. The second-order valence-corrected chi connectivity index (χ2v) is 4.06. The van der Waals surface area contributed by atoms with Crippen molar-refractivity contribution >= 4 is 5.65 Å². The van der Waals surface area contributed by atoms with Gasteiger partial charge in [-0.05, 0) is 18.5 Å². The van der Waals surface area contributed by atoms with Crippen molar-refractivity contribution in [3.63, 3.8) is 0 Å². The van der Waals surface area contributed by atoms with Crippen molar-refractivity contribution in [3.8, 4) is 0 Å². The molecule has 0 aliphatic heterocycles. The summed E-state index contributed by atoms with van der Waals surface area (Å²) < 4.78 is 1.87. The number of rotatable bonds is 4. The summed E-state index contributed by atoms with van der Waals surface area (Å²) in [5.41, 5.74) is 2.05. The summed E-state index contributed by atoms with van der Waals surface area (Å²) >= 11 is 0. The zero-order valence-electron chi connectivity index (χ0n) is 9.14. The van der Waals surface area contributed by atoms with Gasteiger partial charge in [-0.2, -0.15) is 5.10 Å². The van der Waals surface area contributed by atoms with Crippen molar-refractivity contribution in [2.45, 2.75) is 20.4 Å². The normalized spacial score (nSPS) is 11.4. The lowest BCUT2D eigenvalue weighted by Gasteiger charge is -2.08. The molecule has 0 saturated carbocycles. The quantitative estimate of drug-likeness (QED) is 0.820. The molecule has 2 aromatic heterocycles. The zero-order chi connectivity index (χ0) is 10.7. The Kier molecular flexibility index (Phi) is 2.97. The van der Waals surface area contributed by atoms with Crippen molar-refractivity contribution in [2.24, 2.45) is 5.92 Å². The van der Waals surface area contributed by atoms with Crippen LogP contribution in [0.5, 0.6) is 0 Å². The summed E-state index contributed by atoms with van der Waals surface area (Å²) in [7, 11) is 0. The van der Waals surface area contributed by atoms with E-state index in [4.69, 9.17) is 0 Å². The molecule has 0 aromatic carbocycles. The van der Waals surface area contributed by atoms with Gasteiger partial charge in [0, 0.05) is 18.8 Å². The van der Waals surface area contributed by atoms with Crippen LogP contribution in [-0.4, -0.2) is 21.1 Å². The SMILES string of the molecule is CC(C)CNCc1ccnc2ccnn12. The van der Waals surface area contributed by atoms with E-state index in [0.717, 1.165) is 24.4 Å². The Morgan fingerprint density at radius 1 is 1.33 bits per heavy atom. The van der Waals surface area contributed by atoms with Gasteiger partial charge in [0.15, 0.2) is 5.65 Å². The molecule has 15 heavy (non-hydrogen) atoms. The van der Waals surface area contributed by atoms with Gasteiger partial charge in [0.25, 0.3) is 0 Å². The van der Waals surface area contributed by atoms with E-state index in [9.17, 15) is 0 Å². The lowest BCUT2D eigenvalue weighted by atomic mass is 10.2. The summed E-state index contributed by atoms with van der Waals surface area (Å²) in [6.45, 7) is 6.25. The van der Waals surface area contributed by atoms with Crippen molar-refractivity contribution in [2.75, 3.05) is 6.54 Å². The van der Waals surface area contributed by atoms with Crippen LogP contribution >= 0.6 is 0 Å². The molecular formula is C11H16N4. The number of nitrogens with zero attached hydrogens (tertiary/aromatic N) is 3. The molecular weight excluding hydrogens is 188 g/mol. The Balaban J connectivity index is 2.10. The predicted octanol–water partition coefficient (Wildman–Crippen LogP) is 1.47. The molecule has 0 atom stereocenters. The molecule has 0 radical (unpaired) electrons. The Hall–Kier alpha value is -1.42. The van der Waals surface area contributed by atoms with Gasteiger partial charge < -0.3 is 5.32 Å². The zero-order valence-corrected chi connectivity index (χ0v) is 9.14. The third kappa shape index (κ3) is 2.33. The molecule has 0 bridgehead atoms. The molecule has 0 aliphatic rings. The fourth-order valence-corrected chi connectivity index (χ4v) is 1.51. The first-order valence-corrected chi connectivity index (χ1v) is 5.25. The first-order chi connectivity index (χ1) is 7.27. The number of nitrogens with one attached hydrogen (secondary N) is 1. The summed E-state index contributed by atoms with van der Waals surface area (Å²) in [6.07, 6.45) is 3.59. The highest BCUT2D eigenvalue weighted by atomic mass is 15.3. The van der Waals surface area contributed by atoms with Crippen LogP contribution < -0.4 is 5.32 Å². The smallest absolute Gasteiger partial charge is 0.155 e. The number of fused-ring (bicyclic) bond motifs is 1. The van der Waals surface area contributed by atoms with Gasteiger partial charge in [-0.25, -0.2) is 9.50 Å². The fraction of sp³-hybridized carbons (Fsp3) is 0.455. The first-order valence-electron chi connectivity index (χ1n) is 5.25. The maximum atomic E-state index is 4.23. The second kappa shape index (κ2) is 4.40. The van der Waals surface area contributed by atoms with Gasteiger partial charge in [-0.3, -0.25) is 0 Å². The van der Waals surface area contributed by atoms with Gasteiger partial charge >= 0.3 is 0 Å². The van der Waals surface area contributed by atoms with Crippen LogP contribution in [0.15, 0.2) is 24.5 Å². The van der Waals surface area contributed by atoms with Gasteiger partial charge in [0.2, 0.25) is 0 Å². The van der Waals surface area contributed by atoms with Gasteiger partial charge in [0.05, 0.1) is 11.9 Å². The Bertz CT molecular complexity index is 433. The van der Waals surface area contributed by atoms with Gasteiger partial charge in [-0.15, -0.1) is 0 Å². The molecule has 0 fully saturated rings. The average Bonchev–Trinajstić information content (AvgIpc) is 2.65. The topological polar surface area (TPSA) is 42.2 Å². The highest BCUT2D eigenvalue weighted by molar-refractivity contribution is 5.36. The molecule has 4 nitrogen and oxygen atoms in total. The lowest BCUT2D eigenvalue weighted by molar-refractivity contribution is 0.543. The summed E-state index contributed by atoms with van der Waals surface area (Å²) in [4.78, 5) is 4.22. The monoisotopic (exact) mass is 204 g/mol. The lowest BCUT2D eigenvalue weighted by Crippen LogP contribution is -2.20. The van der Waals surface area contributed by atoms with Crippen LogP contribution in [0.3, 0.4) is 0 Å². The highest BCUT2D eigenvalue weighted by Gasteiger charge is 2.01. The molecule has 1 N–H and O–H groups in total. The average molecular weight is 204 g/mol. The number of hydrogen-bond donors (Lipinski definition) is 1. The maximum absolute atomic E-state index is 4.23. The minimum atomic E-state index is 0.667. The third-order valence-electron chi connectivity index (χ3n) is 2.23. The maximum Gasteiger partial charge on any atom is 0.155 e. The first kappa shape index (κ1) is 10.1. The number of aromatic nitrogens is 3.